The highest BCUT2D eigenvalue weighted by atomic mass is 31.3. The van der Waals surface area contributed by atoms with Crippen LogP contribution in [0.25, 0.3) is 0 Å². The van der Waals surface area contributed by atoms with Crippen LogP contribution in [0.3, 0.4) is 0 Å². The summed E-state index contributed by atoms with van der Waals surface area (Å²) in [6, 6.07) is 0. The van der Waals surface area contributed by atoms with E-state index < -0.39 is 32.4 Å². The molecule has 0 radical (unpaired) electrons. The highest BCUT2D eigenvalue weighted by molar-refractivity contribution is 7.76. The molecular formula is C11H26NO8P2+. The predicted octanol–water partition coefficient (Wildman–Crippen LogP) is 3.07. The van der Waals surface area contributed by atoms with E-state index in [1.54, 1.807) is 27.7 Å². The second kappa shape index (κ2) is 10.6. The zero-order valence-electron chi connectivity index (χ0n) is 13.5. The topological polar surface area (TPSA) is 117 Å². The molecule has 22 heavy (non-hydrogen) atoms. The molecule has 1 atom stereocenters. The molecule has 0 aliphatic rings. The van der Waals surface area contributed by atoms with Crippen molar-refractivity contribution in [3.63, 3.8) is 0 Å². The van der Waals surface area contributed by atoms with Crippen molar-refractivity contribution in [2.45, 2.75) is 39.5 Å². The molecule has 0 amide bonds. The first-order valence-electron chi connectivity index (χ1n) is 7.20. The molecule has 9 nitrogen and oxygen atoms in total. The molecule has 0 rings (SSSR count). The van der Waals surface area contributed by atoms with Gasteiger partial charge < -0.3 is 9.05 Å². The van der Waals surface area contributed by atoms with Crippen LogP contribution >= 0.6 is 15.5 Å². The molecule has 0 spiro atoms. The largest absolute Gasteiger partial charge is 0.424 e. The summed E-state index contributed by atoms with van der Waals surface area (Å²) in [6.45, 7) is 6.38. The third-order valence-electron chi connectivity index (χ3n) is 2.56. The maximum absolute atomic E-state index is 13.0. The van der Waals surface area contributed by atoms with Crippen molar-refractivity contribution >= 4 is 15.5 Å². The zero-order chi connectivity index (χ0) is 17.2. The van der Waals surface area contributed by atoms with E-state index in [1.165, 1.54) is 0 Å². The number of nitrogens with zero attached hydrogens (tertiary/aromatic N) is 1. The lowest BCUT2D eigenvalue weighted by molar-refractivity contribution is -0.480. The minimum atomic E-state index is -3.82. The standard InChI is InChI=1S/C11H26NO8P2/c1-5-17-21(15,18-6-2)11(9-10-12(13)14)22(16,19-7-3)20-8-4/h11,15H,5-10H2,1-4H3/q+1. The van der Waals surface area contributed by atoms with Crippen LogP contribution in [-0.2, 0) is 22.7 Å². The van der Waals surface area contributed by atoms with Crippen LogP contribution in [0.1, 0.15) is 34.1 Å². The quantitative estimate of drug-likeness (QED) is 0.302. The summed E-state index contributed by atoms with van der Waals surface area (Å²) < 4.78 is 34.0. The fourth-order valence-electron chi connectivity index (χ4n) is 1.87. The average molecular weight is 362 g/mol. The van der Waals surface area contributed by atoms with Crippen LogP contribution in [0, 0.1) is 10.1 Å². The summed E-state index contributed by atoms with van der Waals surface area (Å²) in [4.78, 5) is 20.8. The predicted molar refractivity (Wildman–Crippen MR) is 83.5 cm³/mol. The molecule has 1 unspecified atom stereocenters. The Kier molecular flexibility index (Phi) is 10.5. The Bertz CT molecular complexity index is 365. The van der Waals surface area contributed by atoms with Gasteiger partial charge in [-0.3, -0.25) is 14.7 Å². The van der Waals surface area contributed by atoms with Gasteiger partial charge in [0.15, 0.2) is 0 Å². The number of hydrogen-bond acceptors (Lipinski definition) is 8. The Hall–Kier alpha value is -0.140. The van der Waals surface area contributed by atoms with E-state index >= 15 is 0 Å². The first-order valence-corrected chi connectivity index (χ1v) is 10.5. The van der Waals surface area contributed by atoms with Gasteiger partial charge in [0.2, 0.25) is 6.54 Å². The minimum Gasteiger partial charge on any atom is -0.306 e. The lowest BCUT2D eigenvalue weighted by Crippen LogP contribution is -2.24. The molecule has 0 aliphatic heterocycles. The molecule has 0 bridgehead atoms. The van der Waals surface area contributed by atoms with Gasteiger partial charge in [0.25, 0.3) is 5.40 Å². The number of hydrogen-bond donors (Lipinski definition) is 1. The lowest BCUT2D eigenvalue weighted by atomic mass is 10.5. The second-order valence-electron chi connectivity index (χ2n) is 4.10. The summed E-state index contributed by atoms with van der Waals surface area (Å²) in [5.41, 5.74) is 0. The first-order chi connectivity index (χ1) is 10.3. The Balaban J connectivity index is 5.63. The van der Waals surface area contributed by atoms with Gasteiger partial charge in [-0.2, -0.15) is 13.9 Å². The van der Waals surface area contributed by atoms with Gasteiger partial charge >= 0.3 is 15.5 Å². The fraction of sp³-hybridized carbons (Fsp3) is 1.00. The van der Waals surface area contributed by atoms with Crippen molar-refractivity contribution < 1.29 is 32.5 Å². The van der Waals surface area contributed by atoms with Gasteiger partial charge in [-0.1, -0.05) is 0 Å². The Morgan fingerprint density at radius 1 is 1.09 bits per heavy atom. The van der Waals surface area contributed by atoms with Crippen molar-refractivity contribution in [3.05, 3.63) is 10.1 Å². The van der Waals surface area contributed by atoms with E-state index in [0.717, 1.165) is 0 Å². The summed E-state index contributed by atoms with van der Waals surface area (Å²) in [7, 11) is -7.46. The number of rotatable bonds is 13. The van der Waals surface area contributed by atoms with Gasteiger partial charge in [-0.25, -0.2) is 0 Å². The highest BCUT2D eigenvalue weighted by Gasteiger charge is 2.61. The summed E-state index contributed by atoms with van der Waals surface area (Å²) in [6.07, 6.45) is -0.228. The van der Waals surface area contributed by atoms with Gasteiger partial charge in [-0.05, 0) is 27.7 Å². The van der Waals surface area contributed by atoms with E-state index in [9.17, 15) is 19.6 Å². The van der Waals surface area contributed by atoms with E-state index in [1.807, 2.05) is 0 Å². The first kappa shape index (κ1) is 21.9. The van der Waals surface area contributed by atoms with Crippen LogP contribution in [0.5, 0.6) is 0 Å². The monoisotopic (exact) mass is 362 g/mol. The molecule has 132 valence electrons. The molecule has 0 saturated carbocycles. The molecule has 0 saturated heterocycles. The zero-order valence-corrected chi connectivity index (χ0v) is 15.3. The normalized spacial score (nSPS) is 14.0. The Labute approximate surface area is 131 Å². The van der Waals surface area contributed by atoms with Crippen molar-refractivity contribution in [2.75, 3.05) is 33.0 Å². The molecule has 0 aromatic heterocycles. The van der Waals surface area contributed by atoms with Crippen molar-refractivity contribution in [3.8, 4) is 0 Å². The highest BCUT2D eigenvalue weighted by Crippen LogP contribution is 2.75. The van der Waals surface area contributed by atoms with Crippen molar-refractivity contribution in [1.29, 1.82) is 0 Å². The third-order valence-corrected chi connectivity index (χ3v) is 8.77. The molecule has 0 aromatic carbocycles. The summed E-state index contributed by atoms with van der Waals surface area (Å²) in [5, 5.41) is 9.46. The van der Waals surface area contributed by atoms with Crippen LogP contribution in [0.2, 0.25) is 0 Å². The van der Waals surface area contributed by atoms with Crippen molar-refractivity contribution in [2.24, 2.45) is 0 Å². The van der Waals surface area contributed by atoms with E-state index in [4.69, 9.17) is 18.1 Å². The van der Waals surface area contributed by atoms with Crippen LogP contribution in [0.4, 0.5) is 0 Å². The SMILES string of the molecule is CCOP(=O)(OCC)C(CC[N+](=O)[O-])[P+](O)(OCC)OCC. The lowest BCUT2D eigenvalue weighted by Gasteiger charge is -2.28. The summed E-state index contributed by atoms with van der Waals surface area (Å²) >= 11 is 0. The fourth-order valence-corrected chi connectivity index (χ4v) is 7.27. The molecular weight excluding hydrogens is 336 g/mol. The Morgan fingerprint density at radius 2 is 1.55 bits per heavy atom. The molecule has 0 fully saturated rings. The van der Waals surface area contributed by atoms with Crippen LogP contribution < -0.4 is 0 Å². The van der Waals surface area contributed by atoms with Gasteiger partial charge in [0, 0.05) is 4.92 Å². The average Bonchev–Trinajstić information content (AvgIpc) is 2.39. The number of nitro groups is 1. The molecule has 0 aliphatic carbocycles. The van der Waals surface area contributed by atoms with Crippen molar-refractivity contribution in [1.82, 2.24) is 0 Å². The molecule has 0 aromatic rings. The third kappa shape index (κ3) is 6.54. The van der Waals surface area contributed by atoms with Gasteiger partial charge in [-0.15, -0.1) is 0 Å². The van der Waals surface area contributed by atoms with E-state index in [2.05, 4.69) is 0 Å². The smallest absolute Gasteiger partial charge is 0.306 e. The van der Waals surface area contributed by atoms with E-state index in [0.29, 0.717) is 0 Å². The summed E-state index contributed by atoms with van der Waals surface area (Å²) in [5.74, 6) is 0. The molecule has 1 N–H and O–H groups in total. The maximum atomic E-state index is 13.0. The van der Waals surface area contributed by atoms with Crippen LogP contribution in [0.15, 0.2) is 0 Å². The minimum absolute atomic E-state index is 0.0739. The van der Waals surface area contributed by atoms with Crippen LogP contribution in [-0.4, -0.2) is 48.2 Å². The Morgan fingerprint density at radius 3 is 1.86 bits per heavy atom. The van der Waals surface area contributed by atoms with E-state index in [-0.39, 0.29) is 32.8 Å². The second-order valence-corrected chi connectivity index (χ2v) is 9.00. The molecule has 0 heterocycles. The molecule has 11 heteroatoms. The maximum Gasteiger partial charge on any atom is 0.424 e. The van der Waals surface area contributed by atoms with Gasteiger partial charge in [0.1, 0.15) is 0 Å². The van der Waals surface area contributed by atoms with Gasteiger partial charge in [0.05, 0.1) is 32.8 Å².